The fourth-order valence-electron chi connectivity index (χ4n) is 4.61. The van der Waals surface area contributed by atoms with Crippen LogP contribution in [0.1, 0.15) is 24.0 Å². The molecule has 4 rings (SSSR count). The average Bonchev–Trinajstić information content (AvgIpc) is 2.91. The third-order valence-corrected chi connectivity index (χ3v) is 7.93. The van der Waals surface area contributed by atoms with Gasteiger partial charge in [-0.25, -0.2) is 13.2 Å². The van der Waals surface area contributed by atoms with E-state index in [0.29, 0.717) is 30.5 Å². The number of nitrogens with zero attached hydrogens (tertiary/aromatic N) is 2. The van der Waals surface area contributed by atoms with Gasteiger partial charge in [0, 0.05) is 24.7 Å². The summed E-state index contributed by atoms with van der Waals surface area (Å²) in [5.74, 6) is -0.592. The number of fused-ring (bicyclic) bond motifs is 1. The largest absolute Gasteiger partial charge is 0.465 e. The van der Waals surface area contributed by atoms with Gasteiger partial charge in [-0.1, -0.05) is 53.7 Å². The Balaban J connectivity index is 1.64. The highest BCUT2D eigenvalue weighted by atomic mass is 32.2. The quantitative estimate of drug-likeness (QED) is 0.126. The Labute approximate surface area is 220 Å². The van der Waals surface area contributed by atoms with Gasteiger partial charge in [0.2, 0.25) is 15.9 Å². The number of carbonyl (C=O) groups excluding carboxylic acids is 1. The molecule has 0 saturated carbocycles. The van der Waals surface area contributed by atoms with Crippen molar-refractivity contribution in [1.29, 1.82) is 0 Å². The van der Waals surface area contributed by atoms with Gasteiger partial charge in [0.25, 0.3) is 0 Å². The van der Waals surface area contributed by atoms with Crippen LogP contribution >= 0.6 is 0 Å². The van der Waals surface area contributed by atoms with Gasteiger partial charge in [-0.2, -0.15) is 4.72 Å². The molecule has 1 aliphatic heterocycles. The molecule has 1 fully saturated rings. The number of hydrogen-bond donors (Lipinski definition) is 5. The van der Waals surface area contributed by atoms with E-state index in [1.165, 1.54) is 11.0 Å². The number of benzene rings is 3. The molecule has 2 amide bonds. The predicted octanol–water partition coefficient (Wildman–Crippen LogP) is 2.08. The zero-order valence-electron chi connectivity index (χ0n) is 20.4. The molecule has 12 heteroatoms. The smallest absolute Gasteiger partial charge is 0.404 e. The molecule has 0 unspecified atom stereocenters. The number of oxime groups is 1. The molecule has 3 aromatic rings. The number of carbonyl (C=O) groups is 2. The van der Waals surface area contributed by atoms with Crippen LogP contribution in [-0.2, 0) is 21.2 Å². The minimum atomic E-state index is -4.11. The maximum Gasteiger partial charge on any atom is 0.404 e. The maximum atomic E-state index is 13.7. The Bertz CT molecular complexity index is 1480. The molecular weight excluding hydrogens is 510 g/mol. The molecule has 0 aliphatic carbocycles. The van der Waals surface area contributed by atoms with Crippen LogP contribution in [-0.4, -0.2) is 66.6 Å². The lowest BCUT2D eigenvalue weighted by atomic mass is 10.0. The third kappa shape index (κ3) is 6.39. The highest BCUT2D eigenvalue weighted by molar-refractivity contribution is 7.89. The van der Waals surface area contributed by atoms with Gasteiger partial charge in [-0.05, 0) is 53.8 Å². The number of rotatable bonds is 8. The second-order valence-corrected chi connectivity index (χ2v) is 10.9. The van der Waals surface area contributed by atoms with E-state index < -0.39 is 34.1 Å². The van der Waals surface area contributed by atoms with Gasteiger partial charge in [0.1, 0.15) is 6.04 Å². The molecule has 3 aromatic carbocycles. The van der Waals surface area contributed by atoms with Gasteiger partial charge < -0.3 is 26.3 Å². The van der Waals surface area contributed by atoms with Crippen LogP contribution in [0.2, 0.25) is 0 Å². The van der Waals surface area contributed by atoms with E-state index in [1.807, 2.05) is 18.2 Å². The van der Waals surface area contributed by atoms with Crippen molar-refractivity contribution in [3.05, 3.63) is 77.9 Å². The lowest BCUT2D eigenvalue weighted by Gasteiger charge is -2.35. The van der Waals surface area contributed by atoms with E-state index in [9.17, 15) is 18.0 Å². The zero-order chi connectivity index (χ0) is 27.3. The molecule has 1 saturated heterocycles. The molecule has 2 atom stereocenters. The van der Waals surface area contributed by atoms with E-state index in [4.69, 9.17) is 16.0 Å². The first-order valence-electron chi connectivity index (χ1n) is 12.0. The summed E-state index contributed by atoms with van der Waals surface area (Å²) in [7, 11) is -4.11. The van der Waals surface area contributed by atoms with Crippen molar-refractivity contribution in [3.63, 3.8) is 0 Å². The number of amides is 2. The van der Waals surface area contributed by atoms with Crippen molar-refractivity contribution in [2.75, 3.05) is 13.1 Å². The summed E-state index contributed by atoms with van der Waals surface area (Å²) >= 11 is 0. The Morgan fingerprint density at radius 2 is 1.84 bits per heavy atom. The van der Waals surface area contributed by atoms with E-state index in [-0.39, 0.29) is 23.7 Å². The van der Waals surface area contributed by atoms with Crippen LogP contribution in [0.5, 0.6) is 0 Å². The monoisotopic (exact) mass is 539 g/mol. The molecule has 0 radical (unpaired) electrons. The Kier molecular flexibility index (Phi) is 8.13. The highest BCUT2D eigenvalue weighted by Gasteiger charge is 2.33. The molecular formula is C26H29N5O6S. The minimum absolute atomic E-state index is 0.00822. The van der Waals surface area contributed by atoms with E-state index in [2.05, 4.69) is 15.2 Å². The van der Waals surface area contributed by atoms with E-state index in [0.717, 1.165) is 10.8 Å². The second kappa shape index (κ2) is 11.5. The van der Waals surface area contributed by atoms with Crippen LogP contribution in [0.25, 0.3) is 10.8 Å². The van der Waals surface area contributed by atoms with Gasteiger partial charge in [0.05, 0.1) is 4.90 Å². The van der Waals surface area contributed by atoms with Crippen molar-refractivity contribution >= 4 is 38.6 Å². The van der Waals surface area contributed by atoms with Gasteiger partial charge in [-0.15, -0.1) is 0 Å². The number of nitrogens with one attached hydrogen (secondary N) is 2. The van der Waals surface area contributed by atoms with E-state index in [1.54, 1.807) is 42.5 Å². The lowest BCUT2D eigenvalue weighted by Crippen LogP contribution is -2.55. The van der Waals surface area contributed by atoms with Crippen LogP contribution in [0, 0.1) is 0 Å². The minimum Gasteiger partial charge on any atom is -0.465 e. The number of carboxylic acid groups (broad SMARTS) is 1. The fourth-order valence-corrected chi connectivity index (χ4v) is 5.83. The number of nitrogens with two attached hydrogens (primary N) is 1. The molecule has 0 bridgehead atoms. The molecule has 0 spiro atoms. The standard InChI is InChI=1S/C26H29N5O6S/c27-24(29-35)20-8-3-5-17(13-20)14-23(25(32)31-12-4-9-21(16-31)28-26(33)34)30-38(36,37)22-11-10-18-6-1-2-7-19(18)15-22/h1-3,5-8,10-11,13,15,21,23,28,30,35H,4,9,12,14,16H2,(H2,27,29)(H,33,34)/t21-,23+/m1/s1. The van der Waals surface area contributed by atoms with Gasteiger partial charge in [-0.3, -0.25) is 4.79 Å². The van der Waals surface area contributed by atoms with Gasteiger partial charge >= 0.3 is 6.09 Å². The molecule has 38 heavy (non-hydrogen) atoms. The maximum absolute atomic E-state index is 13.7. The van der Waals surface area contributed by atoms with Crippen LogP contribution < -0.4 is 15.8 Å². The number of sulfonamides is 1. The normalized spacial score (nSPS) is 17.2. The van der Waals surface area contributed by atoms with Crippen molar-refractivity contribution in [2.45, 2.75) is 36.2 Å². The topological polar surface area (TPSA) is 174 Å². The van der Waals surface area contributed by atoms with Crippen LogP contribution in [0.4, 0.5) is 4.79 Å². The first kappa shape index (κ1) is 26.9. The summed E-state index contributed by atoms with van der Waals surface area (Å²) in [6.45, 7) is 0.498. The lowest BCUT2D eigenvalue weighted by molar-refractivity contribution is -0.134. The first-order valence-corrected chi connectivity index (χ1v) is 13.5. The highest BCUT2D eigenvalue weighted by Crippen LogP contribution is 2.21. The molecule has 200 valence electrons. The van der Waals surface area contributed by atoms with Crippen molar-refractivity contribution in [2.24, 2.45) is 10.9 Å². The molecule has 6 N–H and O–H groups in total. The summed E-state index contributed by atoms with van der Waals surface area (Å²) in [5, 5.41) is 25.1. The number of piperidine rings is 1. The van der Waals surface area contributed by atoms with Gasteiger partial charge in [0.15, 0.2) is 5.84 Å². The van der Waals surface area contributed by atoms with Crippen molar-refractivity contribution in [3.8, 4) is 0 Å². The first-order chi connectivity index (χ1) is 18.2. The number of hydrogen-bond acceptors (Lipinski definition) is 6. The molecule has 1 heterocycles. The number of likely N-dealkylation sites (tertiary alicyclic amines) is 1. The van der Waals surface area contributed by atoms with Crippen molar-refractivity contribution < 1.29 is 28.3 Å². The summed E-state index contributed by atoms with van der Waals surface area (Å²) in [6.07, 6.45) is -0.0468. The van der Waals surface area contributed by atoms with E-state index >= 15 is 0 Å². The Hall–Kier alpha value is -4.16. The Morgan fingerprint density at radius 3 is 2.58 bits per heavy atom. The third-order valence-electron chi connectivity index (χ3n) is 6.46. The second-order valence-electron chi connectivity index (χ2n) is 9.15. The molecule has 11 nitrogen and oxygen atoms in total. The van der Waals surface area contributed by atoms with Crippen LogP contribution in [0.15, 0.2) is 76.8 Å². The summed E-state index contributed by atoms with van der Waals surface area (Å²) in [6, 6.07) is 17.1. The summed E-state index contributed by atoms with van der Waals surface area (Å²) in [5.41, 5.74) is 6.71. The zero-order valence-corrected chi connectivity index (χ0v) is 21.3. The SMILES string of the molecule is NC(=NO)c1cccc(C[C@H](NS(=O)(=O)c2ccc3ccccc3c2)C(=O)N2CCC[C@@H](NC(=O)O)C2)c1. The van der Waals surface area contributed by atoms with Crippen molar-refractivity contribution in [1.82, 2.24) is 14.9 Å². The van der Waals surface area contributed by atoms with Crippen LogP contribution in [0.3, 0.4) is 0 Å². The fraction of sp³-hybridized carbons (Fsp3) is 0.269. The summed E-state index contributed by atoms with van der Waals surface area (Å²) < 4.78 is 29.5. The average molecular weight is 540 g/mol. The molecule has 0 aromatic heterocycles. The number of amidine groups is 1. The predicted molar refractivity (Wildman–Crippen MR) is 141 cm³/mol. The Morgan fingerprint density at radius 1 is 1.08 bits per heavy atom. The summed E-state index contributed by atoms with van der Waals surface area (Å²) in [4.78, 5) is 26.3. The molecule has 1 aliphatic rings.